The Labute approximate surface area is 184 Å². The molecule has 4 aliphatic rings. The van der Waals surface area contributed by atoms with Crippen molar-refractivity contribution in [3.63, 3.8) is 0 Å². The van der Waals surface area contributed by atoms with E-state index in [0.29, 0.717) is 36.0 Å². The zero-order valence-electron chi connectivity index (χ0n) is 20.2. The fourth-order valence-corrected chi connectivity index (χ4v) is 9.25. The summed E-state index contributed by atoms with van der Waals surface area (Å²) in [4.78, 5) is 0. The largest absolute Gasteiger partial charge is 0.390 e. The van der Waals surface area contributed by atoms with Crippen LogP contribution in [-0.2, 0) is 0 Å². The highest BCUT2D eigenvalue weighted by Crippen LogP contribution is 2.69. The van der Waals surface area contributed by atoms with Gasteiger partial charge in [-0.2, -0.15) is 0 Å². The number of fused-ring (bicyclic) bond motifs is 5. The number of rotatable bonds is 5. The third-order valence-corrected chi connectivity index (χ3v) is 11.0. The Balaban J connectivity index is 1.53. The highest BCUT2D eigenvalue weighted by molar-refractivity contribution is 5.17. The lowest BCUT2D eigenvalue weighted by Gasteiger charge is -2.65. The van der Waals surface area contributed by atoms with Crippen molar-refractivity contribution in [3.05, 3.63) is 0 Å². The van der Waals surface area contributed by atoms with Gasteiger partial charge in [-0.05, 0) is 85.9 Å². The maximum Gasteiger partial charge on any atom is 0.103 e. The number of hydrogen-bond donors (Lipinski definition) is 2. The molecule has 0 bridgehead atoms. The Bertz CT molecular complexity index is 622. The van der Waals surface area contributed by atoms with Crippen molar-refractivity contribution in [2.24, 2.45) is 46.3 Å². The maximum absolute atomic E-state index is 14.3. The summed E-state index contributed by atoms with van der Waals surface area (Å²) < 4.78 is 14.3. The first-order valence-corrected chi connectivity index (χ1v) is 13.1. The van der Waals surface area contributed by atoms with Crippen molar-refractivity contribution in [2.75, 3.05) is 0 Å². The minimum Gasteiger partial charge on any atom is -0.390 e. The molecule has 0 saturated heterocycles. The van der Waals surface area contributed by atoms with Gasteiger partial charge in [0.05, 0.1) is 11.7 Å². The molecular weight excluding hydrogens is 375 g/mol. The predicted octanol–water partition coefficient (Wildman–Crippen LogP) is 6.53. The van der Waals surface area contributed by atoms with Gasteiger partial charge >= 0.3 is 0 Å². The van der Waals surface area contributed by atoms with Crippen LogP contribution < -0.4 is 0 Å². The SMILES string of the molecule is CC(C)CCCC(C)[C@H]1CCC2C3C[C@@H](O)[C@@]4(O)C[C@H](F)CC[C@]4(C)C3CC[C@@]21C. The van der Waals surface area contributed by atoms with Gasteiger partial charge < -0.3 is 10.2 Å². The van der Waals surface area contributed by atoms with Gasteiger partial charge in [-0.15, -0.1) is 0 Å². The lowest BCUT2D eigenvalue weighted by molar-refractivity contribution is -0.260. The van der Waals surface area contributed by atoms with Crippen LogP contribution in [0.15, 0.2) is 0 Å². The van der Waals surface area contributed by atoms with Gasteiger partial charge in [0.15, 0.2) is 0 Å². The third kappa shape index (κ3) is 3.40. The third-order valence-electron chi connectivity index (χ3n) is 11.0. The molecule has 4 unspecified atom stereocenters. The monoisotopic (exact) mass is 422 g/mol. The van der Waals surface area contributed by atoms with Crippen molar-refractivity contribution in [1.82, 2.24) is 0 Å². The molecule has 4 fully saturated rings. The topological polar surface area (TPSA) is 40.5 Å². The number of hydrogen-bond acceptors (Lipinski definition) is 2. The molecule has 10 atom stereocenters. The Kier molecular flexibility index (Phi) is 6.15. The van der Waals surface area contributed by atoms with E-state index < -0.39 is 17.9 Å². The van der Waals surface area contributed by atoms with Crippen LogP contribution in [0.25, 0.3) is 0 Å². The maximum atomic E-state index is 14.3. The van der Waals surface area contributed by atoms with E-state index in [1.807, 2.05) is 0 Å². The standard InChI is InChI=1S/C27H47FO2/c1-17(2)7-6-8-18(3)21-9-10-22-20-15-24(29)27(30)16-19(28)11-14-26(27,5)23(20)12-13-25(21,22)4/h17-24,29-30H,6-16H2,1-5H3/t18?,19-,20?,21-,22?,23?,24-,25-,26-,27+/m1/s1. The summed E-state index contributed by atoms with van der Waals surface area (Å²) in [5.74, 6) is 3.95. The van der Waals surface area contributed by atoms with E-state index in [0.717, 1.165) is 30.6 Å². The second kappa shape index (κ2) is 8.01. The average Bonchev–Trinajstić information content (AvgIpc) is 3.01. The molecule has 4 rings (SSSR count). The molecule has 0 amide bonds. The van der Waals surface area contributed by atoms with Crippen LogP contribution in [0, 0.1) is 46.3 Å². The zero-order chi connectivity index (χ0) is 21.9. The van der Waals surface area contributed by atoms with Gasteiger partial charge in [-0.25, -0.2) is 4.39 Å². The molecule has 2 nitrogen and oxygen atoms in total. The molecule has 174 valence electrons. The number of aliphatic hydroxyl groups excluding tert-OH is 1. The van der Waals surface area contributed by atoms with Gasteiger partial charge in [0, 0.05) is 11.8 Å². The molecule has 0 radical (unpaired) electrons. The Morgan fingerprint density at radius 2 is 1.70 bits per heavy atom. The minimum absolute atomic E-state index is 0.130. The van der Waals surface area contributed by atoms with Gasteiger partial charge in [0.25, 0.3) is 0 Å². The van der Waals surface area contributed by atoms with E-state index in [-0.39, 0.29) is 11.8 Å². The lowest BCUT2D eigenvalue weighted by Crippen LogP contribution is -2.68. The van der Waals surface area contributed by atoms with Crippen LogP contribution >= 0.6 is 0 Å². The summed E-state index contributed by atoms with van der Waals surface area (Å²) >= 11 is 0. The average molecular weight is 423 g/mol. The first-order chi connectivity index (χ1) is 14.0. The fraction of sp³-hybridized carbons (Fsp3) is 1.00. The molecule has 4 saturated carbocycles. The van der Waals surface area contributed by atoms with Crippen molar-refractivity contribution in [1.29, 1.82) is 0 Å². The summed E-state index contributed by atoms with van der Waals surface area (Å²) in [7, 11) is 0. The van der Waals surface area contributed by atoms with Crippen LogP contribution in [0.1, 0.15) is 105 Å². The second-order valence-corrected chi connectivity index (χ2v) is 12.8. The van der Waals surface area contributed by atoms with E-state index >= 15 is 0 Å². The molecule has 0 heterocycles. The highest BCUT2D eigenvalue weighted by Gasteiger charge is 2.67. The quantitative estimate of drug-likeness (QED) is 0.529. The van der Waals surface area contributed by atoms with Crippen molar-refractivity contribution >= 4 is 0 Å². The zero-order valence-corrected chi connectivity index (χ0v) is 20.2. The predicted molar refractivity (Wildman–Crippen MR) is 121 cm³/mol. The summed E-state index contributed by atoms with van der Waals surface area (Å²) in [5, 5.41) is 22.6. The molecule has 0 aromatic heterocycles. The molecular formula is C27H47FO2. The highest BCUT2D eigenvalue weighted by atomic mass is 19.1. The van der Waals surface area contributed by atoms with E-state index in [2.05, 4.69) is 34.6 Å². The first-order valence-electron chi connectivity index (χ1n) is 13.1. The molecule has 0 spiro atoms. The number of aliphatic hydroxyl groups is 2. The Morgan fingerprint density at radius 1 is 0.967 bits per heavy atom. The van der Waals surface area contributed by atoms with Crippen LogP contribution in [-0.4, -0.2) is 28.1 Å². The minimum atomic E-state index is -1.23. The van der Waals surface area contributed by atoms with Gasteiger partial charge in [0.2, 0.25) is 0 Å². The van der Waals surface area contributed by atoms with Gasteiger partial charge in [-0.3, -0.25) is 0 Å². The van der Waals surface area contributed by atoms with E-state index in [1.165, 1.54) is 38.5 Å². The molecule has 0 aliphatic heterocycles. The van der Waals surface area contributed by atoms with Crippen LogP contribution in [0.5, 0.6) is 0 Å². The summed E-state index contributed by atoms with van der Waals surface area (Å²) in [6.45, 7) is 11.9. The Morgan fingerprint density at radius 3 is 2.40 bits per heavy atom. The summed E-state index contributed by atoms with van der Waals surface area (Å²) in [6.07, 6.45) is 9.37. The van der Waals surface area contributed by atoms with Gasteiger partial charge in [0.1, 0.15) is 6.17 Å². The number of halogens is 1. The normalized spacial score (nSPS) is 51.9. The molecule has 4 aliphatic carbocycles. The van der Waals surface area contributed by atoms with Gasteiger partial charge in [-0.1, -0.05) is 53.9 Å². The smallest absolute Gasteiger partial charge is 0.103 e. The first kappa shape index (κ1) is 23.0. The van der Waals surface area contributed by atoms with Crippen molar-refractivity contribution < 1.29 is 14.6 Å². The molecule has 2 N–H and O–H groups in total. The molecule has 3 heteroatoms. The Hall–Kier alpha value is -0.150. The second-order valence-electron chi connectivity index (χ2n) is 12.8. The van der Waals surface area contributed by atoms with E-state index in [9.17, 15) is 14.6 Å². The fourth-order valence-electron chi connectivity index (χ4n) is 9.25. The van der Waals surface area contributed by atoms with Crippen LogP contribution in [0.2, 0.25) is 0 Å². The van der Waals surface area contributed by atoms with E-state index in [4.69, 9.17) is 0 Å². The number of alkyl halides is 1. The van der Waals surface area contributed by atoms with Crippen molar-refractivity contribution in [2.45, 2.75) is 123 Å². The van der Waals surface area contributed by atoms with Crippen molar-refractivity contribution in [3.8, 4) is 0 Å². The summed E-state index contributed by atoms with van der Waals surface area (Å²) in [6, 6.07) is 0. The van der Waals surface area contributed by atoms with Crippen LogP contribution in [0.4, 0.5) is 4.39 Å². The molecule has 0 aromatic carbocycles. The lowest BCUT2D eigenvalue weighted by atomic mass is 9.42. The van der Waals surface area contributed by atoms with E-state index in [1.54, 1.807) is 0 Å². The van der Waals surface area contributed by atoms with Crippen LogP contribution in [0.3, 0.4) is 0 Å². The molecule has 30 heavy (non-hydrogen) atoms. The summed E-state index contributed by atoms with van der Waals surface area (Å²) in [5.41, 5.74) is -1.19. The molecule has 0 aromatic rings.